The topological polar surface area (TPSA) is 125 Å². The summed E-state index contributed by atoms with van der Waals surface area (Å²) in [5.74, 6) is -2.59. The largest absolute Gasteiger partial charge is 0.456 e. The van der Waals surface area contributed by atoms with Gasteiger partial charge in [0, 0.05) is 29.8 Å². The van der Waals surface area contributed by atoms with Gasteiger partial charge in [-0.1, -0.05) is 52.7 Å². The number of ketones is 2. The fourth-order valence-corrected chi connectivity index (χ4v) is 9.29. The fraction of sp³-hybridized carbons (Fsp3) is 0.765. The Labute approximate surface area is 266 Å². The number of rotatable bonds is 14. The number of allylic oxidation sites excluding steroid dienone is 4. The first-order valence-corrected chi connectivity index (χ1v) is 16.6. The number of Topliss-reactive ketones (excluding diaryl/α,β-unsaturated/α-hetero) is 1. The Kier molecular flexibility index (Phi) is 10.9. The first kappa shape index (κ1) is 34.8. The molecule has 3 saturated carbocycles. The molecular formula is C34H49ClO9. The van der Waals surface area contributed by atoms with Gasteiger partial charge in [-0.3, -0.25) is 14.4 Å². The van der Waals surface area contributed by atoms with Crippen molar-refractivity contribution in [2.75, 3.05) is 33.0 Å². The third-order valence-electron chi connectivity index (χ3n) is 10.9. The van der Waals surface area contributed by atoms with E-state index >= 15 is 0 Å². The molecular weight excluding hydrogens is 588 g/mol. The summed E-state index contributed by atoms with van der Waals surface area (Å²) < 4.78 is 22.3. The fourth-order valence-electron chi connectivity index (χ4n) is 8.77. The number of aliphatic hydroxyl groups excluding tert-OH is 1. The summed E-state index contributed by atoms with van der Waals surface area (Å²) in [4.78, 5) is 51.2. The lowest BCUT2D eigenvalue weighted by molar-refractivity contribution is -0.204. The van der Waals surface area contributed by atoms with Crippen molar-refractivity contribution in [3.05, 3.63) is 23.8 Å². The molecule has 0 bridgehead atoms. The molecule has 0 aromatic carbocycles. The van der Waals surface area contributed by atoms with Gasteiger partial charge in [0.2, 0.25) is 5.78 Å². The van der Waals surface area contributed by atoms with Gasteiger partial charge in [0.25, 0.3) is 0 Å². The zero-order chi connectivity index (χ0) is 32.3. The molecule has 0 saturated heterocycles. The molecule has 8 unspecified atom stereocenters. The molecule has 0 radical (unpaired) electrons. The predicted molar refractivity (Wildman–Crippen MR) is 164 cm³/mol. The quantitative estimate of drug-likeness (QED) is 0.161. The lowest BCUT2D eigenvalue weighted by Gasteiger charge is -2.64. The van der Waals surface area contributed by atoms with E-state index in [4.69, 9.17) is 30.5 Å². The van der Waals surface area contributed by atoms with E-state index in [1.165, 1.54) is 6.08 Å². The molecule has 4 aliphatic rings. The summed E-state index contributed by atoms with van der Waals surface area (Å²) in [6.45, 7) is 10.0. The zero-order valence-electron chi connectivity index (χ0n) is 26.8. The normalized spacial score (nSPS) is 37.4. The van der Waals surface area contributed by atoms with E-state index in [0.29, 0.717) is 38.9 Å². The second-order valence-electron chi connectivity index (χ2n) is 13.5. The molecule has 0 aromatic heterocycles. The summed E-state index contributed by atoms with van der Waals surface area (Å²) in [6.07, 6.45) is 8.26. The predicted octanol–water partition coefficient (Wildman–Crippen LogP) is 4.90. The van der Waals surface area contributed by atoms with Gasteiger partial charge in [-0.15, -0.1) is 11.6 Å². The number of fused-ring (bicyclic) bond motifs is 5. The van der Waals surface area contributed by atoms with Crippen molar-refractivity contribution in [3.8, 4) is 0 Å². The van der Waals surface area contributed by atoms with Crippen LogP contribution in [0.4, 0.5) is 0 Å². The summed E-state index contributed by atoms with van der Waals surface area (Å²) >= 11 is 7.57. The number of unbranched alkanes of at least 4 members (excludes halogenated alkanes) is 1. The number of carbonyl (C=O) groups excluding carboxylic acids is 4. The minimum Gasteiger partial charge on any atom is -0.456 e. The third-order valence-corrected chi connectivity index (χ3v) is 11.8. The molecule has 3 fully saturated rings. The number of halogens is 1. The van der Waals surface area contributed by atoms with E-state index in [0.717, 1.165) is 18.4 Å². The van der Waals surface area contributed by atoms with Crippen LogP contribution < -0.4 is 0 Å². The summed E-state index contributed by atoms with van der Waals surface area (Å²) in [6, 6.07) is 0. The van der Waals surface area contributed by atoms with E-state index in [1.807, 2.05) is 40.7 Å². The lowest BCUT2D eigenvalue weighted by atomic mass is 9.45. The second-order valence-corrected chi connectivity index (χ2v) is 14.1. The first-order chi connectivity index (χ1) is 20.8. The van der Waals surface area contributed by atoms with Crippen LogP contribution in [0, 0.1) is 28.6 Å². The molecule has 0 aliphatic heterocycles. The van der Waals surface area contributed by atoms with E-state index < -0.39 is 57.7 Å². The average molecular weight is 637 g/mol. The highest BCUT2D eigenvalue weighted by Crippen LogP contribution is 2.72. The Morgan fingerprint density at radius 1 is 1.02 bits per heavy atom. The number of carbonyl (C=O) groups is 4. The summed E-state index contributed by atoms with van der Waals surface area (Å²) in [7, 11) is 0. The number of ether oxygens (including phenoxy) is 4. The Morgan fingerprint density at radius 3 is 2.45 bits per heavy atom. The van der Waals surface area contributed by atoms with Gasteiger partial charge in [0.05, 0.1) is 24.2 Å². The molecule has 1 N–H and O–H groups in total. The summed E-state index contributed by atoms with van der Waals surface area (Å²) in [5, 5.41) is 12.0. The first-order valence-electron chi connectivity index (χ1n) is 16.2. The van der Waals surface area contributed by atoms with E-state index in [1.54, 1.807) is 6.08 Å². The maximum Gasteiger partial charge on any atom is 0.332 e. The Hall–Kier alpha value is -2.07. The highest BCUT2D eigenvalue weighted by atomic mass is 35.5. The molecule has 0 aromatic rings. The summed E-state index contributed by atoms with van der Waals surface area (Å²) in [5.41, 5.74) is -2.44. The van der Waals surface area contributed by atoms with Crippen molar-refractivity contribution in [2.24, 2.45) is 28.6 Å². The van der Waals surface area contributed by atoms with Crippen molar-refractivity contribution in [3.63, 3.8) is 0 Å². The highest BCUT2D eigenvalue weighted by molar-refractivity contribution is 6.26. The zero-order valence-corrected chi connectivity index (χ0v) is 27.6. The van der Waals surface area contributed by atoms with Crippen LogP contribution in [-0.2, 0) is 38.1 Å². The van der Waals surface area contributed by atoms with Gasteiger partial charge < -0.3 is 24.1 Å². The molecule has 10 heteroatoms. The van der Waals surface area contributed by atoms with Crippen molar-refractivity contribution in [1.82, 2.24) is 0 Å². The van der Waals surface area contributed by atoms with E-state index in [2.05, 4.69) is 0 Å². The van der Waals surface area contributed by atoms with Gasteiger partial charge in [0.1, 0.15) is 6.61 Å². The number of esters is 2. The van der Waals surface area contributed by atoms with Gasteiger partial charge in [-0.05, 0) is 62.5 Å². The number of alkyl halides is 1. The highest BCUT2D eigenvalue weighted by Gasteiger charge is 2.76. The van der Waals surface area contributed by atoms with Crippen molar-refractivity contribution in [1.29, 1.82) is 0 Å². The number of hydrogen-bond donors (Lipinski definition) is 1. The van der Waals surface area contributed by atoms with Crippen molar-refractivity contribution in [2.45, 2.75) is 103 Å². The van der Waals surface area contributed by atoms with Crippen LogP contribution in [0.1, 0.15) is 86.0 Å². The second kappa shape index (κ2) is 13.7. The van der Waals surface area contributed by atoms with Gasteiger partial charge in [0.15, 0.2) is 18.0 Å². The minimum absolute atomic E-state index is 0.0887. The molecule has 246 valence electrons. The standard InChI is InChI=1S/C34H49ClO9/c1-6-8-9-29(39)44-34(28(38)20-43-30(40)21-42-16-15-41-14-7-2)22(3)17-26-25-11-10-23-18-24(36)12-13-31(23,4)33(25,35)27(37)19-32(26,34)5/h12-13,18,22,25-27,37H,6-11,14-17,19-21H2,1-5H3. The van der Waals surface area contributed by atoms with Gasteiger partial charge in [-0.25, -0.2) is 4.79 Å². The minimum atomic E-state index is -1.62. The molecule has 8 atom stereocenters. The van der Waals surface area contributed by atoms with Crippen molar-refractivity contribution >= 4 is 35.1 Å². The molecule has 44 heavy (non-hydrogen) atoms. The average Bonchev–Trinajstić information content (AvgIpc) is 3.19. The lowest BCUT2D eigenvalue weighted by Crippen LogP contribution is -2.69. The molecule has 0 spiro atoms. The molecule has 0 amide bonds. The Balaban J connectivity index is 1.61. The van der Waals surface area contributed by atoms with Gasteiger partial charge in [-0.2, -0.15) is 0 Å². The van der Waals surface area contributed by atoms with Gasteiger partial charge >= 0.3 is 11.9 Å². The van der Waals surface area contributed by atoms with Crippen LogP contribution in [0.5, 0.6) is 0 Å². The molecule has 9 nitrogen and oxygen atoms in total. The third kappa shape index (κ3) is 5.82. The van der Waals surface area contributed by atoms with Crippen LogP contribution in [0.15, 0.2) is 23.8 Å². The molecule has 4 rings (SSSR count). The van der Waals surface area contributed by atoms with E-state index in [-0.39, 0.29) is 43.7 Å². The van der Waals surface area contributed by atoms with Crippen LogP contribution in [0.3, 0.4) is 0 Å². The van der Waals surface area contributed by atoms with Crippen LogP contribution >= 0.6 is 11.6 Å². The maximum atomic E-state index is 14.3. The van der Waals surface area contributed by atoms with Crippen LogP contribution in [-0.4, -0.2) is 78.2 Å². The maximum absolute atomic E-state index is 14.3. The van der Waals surface area contributed by atoms with Crippen LogP contribution in [0.2, 0.25) is 0 Å². The van der Waals surface area contributed by atoms with E-state index in [9.17, 15) is 24.3 Å². The van der Waals surface area contributed by atoms with Crippen LogP contribution in [0.25, 0.3) is 0 Å². The molecule has 0 heterocycles. The monoisotopic (exact) mass is 636 g/mol. The smallest absolute Gasteiger partial charge is 0.332 e. The van der Waals surface area contributed by atoms with Crippen molar-refractivity contribution < 1.29 is 43.2 Å². The number of aliphatic hydroxyl groups is 1. The molecule has 4 aliphatic carbocycles. The SMILES string of the molecule is CCCCC(=O)OC1(C(=O)COC(=O)COCCOCCC)C(C)CC2C3CCC4=CC(=O)C=CC4(C)C3(Cl)C(O)CC21C. The number of hydrogen-bond acceptors (Lipinski definition) is 9. The Morgan fingerprint density at radius 2 is 1.75 bits per heavy atom. The Bertz CT molecular complexity index is 1180.